The van der Waals surface area contributed by atoms with Gasteiger partial charge in [-0.15, -0.1) is 0 Å². The molecular weight excluding hydrogens is 162 g/mol. The van der Waals surface area contributed by atoms with Crippen LogP contribution in [-0.2, 0) is 0 Å². The molecule has 0 fully saturated rings. The number of hydrogen-bond acceptors (Lipinski definition) is 2. The van der Waals surface area contributed by atoms with Gasteiger partial charge < -0.3 is 5.11 Å². The van der Waals surface area contributed by atoms with E-state index in [4.69, 9.17) is 0 Å². The van der Waals surface area contributed by atoms with Gasteiger partial charge in [-0.1, -0.05) is 46.0 Å². The van der Waals surface area contributed by atoms with Crippen LogP contribution >= 0.6 is 0 Å². The third-order valence-corrected chi connectivity index (χ3v) is 2.30. The lowest BCUT2D eigenvalue weighted by atomic mass is 10.1. The lowest BCUT2D eigenvalue weighted by Crippen LogP contribution is -2.28. The lowest BCUT2D eigenvalue weighted by Gasteiger charge is -2.09. The molecule has 0 bridgehead atoms. The Morgan fingerprint density at radius 2 is 1.62 bits per heavy atom. The second-order valence-corrected chi connectivity index (χ2v) is 3.65. The van der Waals surface area contributed by atoms with Crippen molar-refractivity contribution in [3.05, 3.63) is 0 Å². The SMILES string of the molecule is CCCCCCCCNC(O)CC. The zero-order chi connectivity index (χ0) is 9.94. The first kappa shape index (κ1) is 12.9. The van der Waals surface area contributed by atoms with Crippen LogP contribution in [0.2, 0.25) is 0 Å². The molecule has 2 heteroatoms. The minimum absolute atomic E-state index is 0.296. The minimum Gasteiger partial charge on any atom is -0.379 e. The molecule has 80 valence electrons. The van der Waals surface area contributed by atoms with Gasteiger partial charge in [0, 0.05) is 0 Å². The Kier molecular flexibility index (Phi) is 9.94. The zero-order valence-electron chi connectivity index (χ0n) is 9.18. The molecule has 13 heavy (non-hydrogen) atoms. The maximum absolute atomic E-state index is 9.19. The summed E-state index contributed by atoms with van der Waals surface area (Å²) in [6.45, 7) is 5.18. The van der Waals surface area contributed by atoms with Gasteiger partial charge >= 0.3 is 0 Å². The molecule has 0 aromatic rings. The minimum atomic E-state index is -0.296. The molecule has 2 N–H and O–H groups in total. The van der Waals surface area contributed by atoms with E-state index in [2.05, 4.69) is 12.2 Å². The first-order chi connectivity index (χ1) is 6.31. The normalized spacial score (nSPS) is 13.2. The quantitative estimate of drug-likeness (QED) is 0.429. The number of hydrogen-bond donors (Lipinski definition) is 2. The summed E-state index contributed by atoms with van der Waals surface area (Å²) in [6, 6.07) is 0. The predicted octanol–water partition coefficient (Wildman–Crippen LogP) is 2.66. The summed E-state index contributed by atoms with van der Waals surface area (Å²) in [4.78, 5) is 0. The van der Waals surface area contributed by atoms with Crippen molar-refractivity contribution in [1.29, 1.82) is 0 Å². The fourth-order valence-corrected chi connectivity index (χ4v) is 1.32. The van der Waals surface area contributed by atoms with Crippen LogP contribution in [-0.4, -0.2) is 17.9 Å². The Morgan fingerprint density at radius 3 is 2.23 bits per heavy atom. The van der Waals surface area contributed by atoms with E-state index in [0.29, 0.717) is 0 Å². The standard InChI is InChI=1S/C11H25NO/c1-3-5-6-7-8-9-10-12-11(13)4-2/h11-13H,3-10H2,1-2H3. The van der Waals surface area contributed by atoms with Gasteiger partial charge in [0.2, 0.25) is 0 Å². The Balaban J connectivity index is 2.91. The maximum Gasteiger partial charge on any atom is 0.104 e. The Morgan fingerprint density at radius 1 is 1.00 bits per heavy atom. The van der Waals surface area contributed by atoms with Gasteiger partial charge in [0.05, 0.1) is 0 Å². The molecule has 0 aliphatic carbocycles. The predicted molar refractivity (Wildman–Crippen MR) is 57.7 cm³/mol. The molecule has 0 aliphatic rings. The Hall–Kier alpha value is -0.0800. The third-order valence-electron chi connectivity index (χ3n) is 2.30. The largest absolute Gasteiger partial charge is 0.379 e. The number of nitrogens with one attached hydrogen (secondary N) is 1. The molecule has 0 heterocycles. The van der Waals surface area contributed by atoms with Gasteiger partial charge in [0.25, 0.3) is 0 Å². The van der Waals surface area contributed by atoms with Crippen LogP contribution in [0.25, 0.3) is 0 Å². The lowest BCUT2D eigenvalue weighted by molar-refractivity contribution is 0.133. The van der Waals surface area contributed by atoms with Crippen molar-refractivity contribution < 1.29 is 5.11 Å². The first-order valence-electron chi connectivity index (χ1n) is 5.72. The van der Waals surface area contributed by atoms with E-state index < -0.39 is 0 Å². The van der Waals surface area contributed by atoms with Crippen molar-refractivity contribution in [2.24, 2.45) is 0 Å². The molecule has 0 rings (SSSR count). The van der Waals surface area contributed by atoms with E-state index in [1.807, 2.05) is 6.92 Å². The number of aliphatic hydroxyl groups excluding tert-OH is 1. The van der Waals surface area contributed by atoms with Crippen molar-refractivity contribution in [3.8, 4) is 0 Å². The topological polar surface area (TPSA) is 32.3 Å². The second-order valence-electron chi connectivity index (χ2n) is 3.65. The Labute approximate surface area is 82.7 Å². The molecule has 0 saturated carbocycles. The van der Waals surface area contributed by atoms with Crippen LogP contribution < -0.4 is 5.32 Å². The number of unbranched alkanes of at least 4 members (excludes halogenated alkanes) is 5. The van der Waals surface area contributed by atoms with E-state index in [-0.39, 0.29) is 6.23 Å². The smallest absolute Gasteiger partial charge is 0.104 e. The molecule has 0 aliphatic heterocycles. The molecule has 0 amide bonds. The van der Waals surface area contributed by atoms with Gasteiger partial charge in [-0.25, -0.2) is 0 Å². The monoisotopic (exact) mass is 187 g/mol. The van der Waals surface area contributed by atoms with Crippen molar-refractivity contribution in [2.45, 2.75) is 65.0 Å². The summed E-state index contributed by atoms with van der Waals surface area (Å²) < 4.78 is 0. The van der Waals surface area contributed by atoms with E-state index in [1.165, 1.54) is 38.5 Å². The second kappa shape index (κ2) is 10.0. The highest BCUT2D eigenvalue weighted by molar-refractivity contribution is 4.51. The molecular formula is C11H25NO. The summed E-state index contributed by atoms with van der Waals surface area (Å²) in [6.07, 6.45) is 8.39. The van der Waals surface area contributed by atoms with Gasteiger partial charge in [0.15, 0.2) is 0 Å². The van der Waals surface area contributed by atoms with Crippen molar-refractivity contribution >= 4 is 0 Å². The average Bonchev–Trinajstić information content (AvgIpc) is 2.16. The summed E-state index contributed by atoms with van der Waals surface area (Å²) in [7, 11) is 0. The summed E-state index contributed by atoms with van der Waals surface area (Å²) >= 11 is 0. The van der Waals surface area contributed by atoms with E-state index in [0.717, 1.165) is 13.0 Å². The van der Waals surface area contributed by atoms with E-state index in [1.54, 1.807) is 0 Å². The first-order valence-corrected chi connectivity index (χ1v) is 5.72. The van der Waals surface area contributed by atoms with Gasteiger partial charge in [-0.05, 0) is 19.4 Å². The molecule has 0 saturated heterocycles. The van der Waals surface area contributed by atoms with Crippen LogP contribution in [0.15, 0.2) is 0 Å². The summed E-state index contributed by atoms with van der Waals surface area (Å²) in [5, 5.41) is 12.3. The van der Waals surface area contributed by atoms with Gasteiger partial charge in [0.1, 0.15) is 6.23 Å². The van der Waals surface area contributed by atoms with Crippen LogP contribution in [0.1, 0.15) is 58.8 Å². The van der Waals surface area contributed by atoms with Crippen LogP contribution in [0, 0.1) is 0 Å². The molecule has 2 nitrogen and oxygen atoms in total. The zero-order valence-corrected chi connectivity index (χ0v) is 9.18. The van der Waals surface area contributed by atoms with Crippen LogP contribution in [0.3, 0.4) is 0 Å². The fourth-order valence-electron chi connectivity index (χ4n) is 1.32. The molecule has 0 radical (unpaired) electrons. The molecule has 1 atom stereocenters. The van der Waals surface area contributed by atoms with Gasteiger partial charge in [-0.2, -0.15) is 0 Å². The van der Waals surface area contributed by atoms with Crippen molar-refractivity contribution in [3.63, 3.8) is 0 Å². The highest BCUT2D eigenvalue weighted by Gasteiger charge is 1.96. The molecule has 0 spiro atoms. The summed E-state index contributed by atoms with van der Waals surface area (Å²) in [5.74, 6) is 0. The molecule has 1 unspecified atom stereocenters. The van der Waals surface area contributed by atoms with Crippen LogP contribution in [0.5, 0.6) is 0 Å². The highest BCUT2D eigenvalue weighted by atomic mass is 16.3. The average molecular weight is 187 g/mol. The van der Waals surface area contributed by atoms with Crippen LogP contribution in [0.4, 0.5) is 0 Å². The highest BCUT2D eigenvalue weighted by Crippen LogP contribution is 2.04. The number of rotatable bonds is 9. The molecule has 0 aromatic heterocycles. The maximum atomic E-state index is 9.19. The van der Waals surface area contributed by atoms with Crippen molar-refractivity contribution in [1.82, 2.24) is 5.32 Å². The number of aliphatic hydroxyl groups is 1. The molecule has 0 aromatic carbocycles. The van der Waals surface area contributed by atoms with E-state index >= 15 is 0 Å². The van der Waals surface area contributed by atoms with Gasteiger partial charge in [-0.3, -0.25) is 5.32 Å². The third kappa shape index (κ3) is 9.84. The van der Waals surface area contributed by atoms with E-state index in [9.17, 15) is 5.11 Å². The Bertz CT molecular complexity index is 96.1. The summed E-state index contributed by atoms with van der Waals surface area (Å²) in [5.41, 5.74) is 0. The van der Waals surface area contributed by atoms with Crippen molar-refractivity contribution in [2.75, 3.05) is 6.54 Å². The fraction of sp³-hybridized carbons (Fsp3) is 1.00.